The van der Waals surface area contributed by atoms with Gasteiger partial charge in [0.05, 0.1) is 21.0 Å². The topological polar surface area (TPSA) is 67.8 Å². The van der Waals surface area contributed by atoms with Crippen LogP contribution in [-0.2, 0) is 0 Å². The van der Waals surface area contributed by atoms with E-state index in [1.54, 1.807) is 24.7 Å². The molecule has 0 aliphatic carbocycles. The molecule has 3 rings (SSSR count). The van der Waals surface area contributed by atoms with Crippen LogP contribution in [0.1, 0.15) is 10.5 Å². The Morgan fingerprint density at radius 1 is 1.14 bits per heavy atom. The molecule has 0 spiro atoms. The maximum atomic E-state index is 12.8. The summed E-state index contributed by atoms with van der Waals surface area (Å²) in [4.78, 5) is 24.3. The number of rotatable bonds is 2. The lowest BCUT2D eigenvalue weighted by Gasteiger charge is -2.09. The number of hydrogen-bond donors (Lipinski definition) is 1. The third kappa shape index (κ3) is 2.82. The summed E-state index contributed by atoms with van der Waals surface area (Å²) in [6.07, 6.45) is 5.94. The molecule has 0 saturated heterocycles. The van der Waals surface area contributed by atoms with Gasteiger partial charge in [-0.25, -0.2) is 9.37 Å². The molecule has 0 bridgehead atoms. The minimum Gasteiger partial charge on any atom is -0.319 e. The van der Waals surface area contributed by atoms with Crippen LogP contribution in [0.2, 0.25) is 0 Å². The molecular formula is C14H8FIN4O. The molecule has 5 nitrogen and oxygen atoms in total. The third-order valence-electron chi connectivity index (χ3n) is 2.82. The fourth-order valence-electron chi connectivity index (χ4n) is 1.83. The highest BCUT2D eigenvalue weighted by Crippen LogP contribution is 2.26. The lowest BCUT2D eigenvalue weighted by atomic mass is 10.2. The summed E-state index contributed by atoms with van der Waals surface area (Å²) in [7, 11) is 0. The second-order valence-corrected chi connectivity index (χ2v) is 5.35. The van der Waals surface area contributed by atoms with Gasteiger partial charge < -0.3 is 5.32 Å². The van der Waals surface area contributed by atoms with Gasteiger partial charge in [-0.1, -0.05) is 0 Å². The normalized spacial score (nSPS) is 10.6. The molecule has 0 atom stereocenters. The number of aromatic nitrogens is 3. The zero-order valence-electron chi connectivity index (χ0n) is 10.5. The molecule has 21 heavy (non-hydrogen) atoms. The summed E-state index contributed by atoms with van der Waals surface area (Å²) in [6, 6.07) is 4.29. The predicted octanol–water partition coefficient (Wildman–Crippen LogP) is 3.02. The lowest BCUT2D eigenvalue weighted by Crippen LogP contribution is -2.15. The Labute approximate surface area is 132 Å². The number of pyridine rings is 3. The SMILES string of the molecule is O=C(Nc1c(I)cnc2ccncc12)c1ccc(F)cn1. The summed E-state index contributed by atoms with van der Waals surface area (Å²) >= 11 is 2.08. The van der Waals surface area contributed by atoms with Crippen LogP contribution < -0.4 is 5.32 Å². The van der Waals surface area contributed by atoms with Gasteiger partial charge in [-0.05, 0) is 40.8 Å². The van der Waals surface area contributed by atoms with Crippen LogP contribution in [-0.4, -0.2) is 20.9 Å². The number of fused-ring (bicyclic) bond motifs is 1. The number of carbonyl (C=O) groups excluding carboxylic acids is 1. The Morgan fingerprint density at radius 2 is 2.00 bits per heavy atom. The van der Waals surface area contributed by atoms with Crippen molar-refractivity contribution in [2.24, 2.45) is 0 Å². The Balaban J connectivity index is 1.99. The standard InChI is InChI=1S/C14H8FIN4O/c15-8-1-2-12(18-5-8)14(21)20-13-9-6-17-4-3-11(9)19-7-10(13)16/h1-7H,(H,19,20,21). The van der Waals surface area contributed by atoms with E-state index >= 15 is 0 Å². The van der Waals surface area contributed by atoms with Crippen LogP contribution in [0.3, 0.4) is 0 Å². The van der Waals surface area contributed by atoms with Crippen LogP contribution in [0.5, 0.6) is 0 Å². The number of halogens is 2. The average Bonchev–Trinajstić information content (AvgIpc) is 2.51. The molecule has 104 valence electrons. The smallest absolute Gasteiger partial charge is 0.274 e. The molecule has 0 radical (unpaired) electrons. The Morgan fingerprint density at radius 3 is 2.76 bits per heavy atom. The Bertz CT molecular complexity index is 823. The van der Waals surface area contributed by atoms with Crippen LogP contribution in [0.15, 0.2) is 43.0 Å². The zero-order valence-corrected chi connectivity index (χ0v) is 12.7. The minimum atomic E-state index is -0.486. The molecule has 3 aromatic heterocycles. The second-order valence-electron chi connectivity index (χ2n) is 4.19. The third-order valence-corrected chi connectivity index (χ3v) is 3.64. The fraction of sp³-hybridized carbons (Fsp3) is 0. The minimum absolute atomic E-state index is 0.140. The van der Waals surface area contributed by atoms with Crippen molar-refractivity contribution >= 4 is 45.1 Å². The first-order chi connectivity index (χ1) is 10.1. The Kier molecular flexibility index (Phi) is 3.74. The maximum absolute atomic E-state index is 12.8. The predicted molar refractivity (Wildman–Crippen MR) is 84.4 cm³/mol. The zero-order chi connectivity index (χ0) is 14.8. The number of anilines is 1. The number of nitrogens with one attached hydrogen (secondary N) is 1. The summed E-state index contributed by atoms with van der Waals surface area (Å²) in [5.41, 5.74) is 1.48. The van der Waals surface area contributed by atoms with Crippen molar-refractivity contribution in [2.45, 2.75) is 0 Å². The number of nitrogens with zero attached hydrogens (tertiary/aromatic N) is 3. The molecule has 3 heterocycles. The van der Waals surface area contributed by atoms with Crippen molar-refractivity contribution in [3.63, 3.8) is 0 Å². The lowest BCUT2D eigenvalue weighted by molar-refractivity contribution is 0.102. The molecule has 1 amide bonds. The monoisotopic (exact) mass is 394 g/mol. The number of amides is 1. The van der Waals surface area contributed by atoms with E-state index in [1.807, 2.05) is 0 Å². The van der Waals surface area contributed by atoms with Gasteiger partial charge in [-0.15, -0.1) is 0 Å². The first-order valence-electron chi connectivity index (χ1n) is 5.96. The molecule has 0 aromatic carbocycles. The molecule has 1 N–H and O–H groups in total. The van der Waals surface area contributed by atoms with Gasteiger partial charge in [0.25, 0.3) is 5.91 Å². The molecule has 3 aromatic rings. The quantitative estimate of drug-likeness (QED) is 0.679. The van der Waals surface area contributed by atoms with Crippen molar-refractivity contribution in [1.29, 1.82) is 0 Å². The van der Waals surface area contributed by atoms with E-state index in [0.29, 0.717) is 5.69 Å². The van der Waals surface area contributed by atoms with Crippen LogP contribution in [0.4, 0.5) is 10.1 Å². The van der Waals surface area contributed by atoms with Crippen molar-refractivity contribution in [2.75, 3.05) is 5.32 Å². The van der Waals surface area contributed by atoms with Gasteiger partial charge in [0, 0.05) is 24.0 Å². The highest BCUT2D eigenvalue weighted by atomic mass is 127. The fourth-order valence-corrected chi connectivity index (χ4v) is 2.39. The van der Waals surface area contributed by atoms with E-state index in [1.165, 1.54) is 12.1 Å². The van der Waals surface area contributed by atoms with Gasteiger partial charge in [-0.2, -0.15) is 0 Å². The average molecular weight is 394 g/mol. The molecule has 0 saturated carbocycles. The van der Waals surface area contributed by atoms with Gasteiger partial charge in [0.2, 0.25) is 0 Å². The van der Waals surface area contributed by atoms with Gasteiger partial charge in [-0.3, -0.25) is 14.8 Å². The van der Waals surface area contributed by atoms with Crippen molar-refractivity contribution < 1.29 is 9.18 Å². The van der Waals surface area contributed by atoms with E-state index in [-0.39, 0.29) is 5.69 Å². The number of hydrogen-bond acceptors (Lipinski definition) is 4. The van der Waals surface area contributed by atoms with Crippen molar-refractivity contribution in [3.05, 3.63) is 58.1 Å². The maximum Gasteiger partial charge on any atom is 0.274 e. The largest absolute Gasteiger partial charge is 0.319 e. The van der Waals surface area contributed by atoms with Crippen molar-refractivity contribution in [1.82, 2.24) is 15.0 Å². The molecule has 0 unspecified atom stereocenters. The Hall–Kier alpha value is -2.16. The van der Waals surface area contributed by atoms with E-state index in [4.69, 9.17) is 0 Å². The van der Waals surface area contributed by atoms with Crippen molar-refractivity contribution in [3.8, 4) is 0 Å². The van der Waals surface area contributed by atoms with Crippen LogP contribution in [0, 0.1) is 9.39 Å². The first kappa shape index (κ1) is 13.8. The van der Waals surface area contributed by atoms with Crippen LogP contribution in [0.25, 0.3) is 10.9 Å². The summed E-state index contributed by atoms with van der Waals surface area (Å²) in [5.74, 6) is -0.899. The van der Waals surface area contributed by atoms with E-state index < -0.39 is 11.7 Å². The number of carbonyl (C=O) groups is 1. The molecule has 7 heteroatoms. The molecule has 0 aliphatic rings. The molecule has 0 fully saturated rings. The van der Waals surface area contributed by atoms with E-state index in [0.717, 1.165) is 20.7 Å². The summed E-state index contributed by atoms with van der Waals surface area (Å²) in [6.45, 7) is 0. The van der Waals surface area contributed by atoms with E-state index in [9.17, 15) is 9.18 Å². The van der Waals surface area contributed by atoms with Gasteiger partial charge in [0.1, 0.15) is 11.5 Å². The first-order valence-corrected chi connectivity index (χ1v) is 7.04. The molecule has 0 aliphatic heterocycles. The van der Waals surface area contributed by atoms with Gasteiger partial charge >= 0.3 is 0 Å². The second kappa shape index (κ2) is 5.68. The van der Waals surface area contributed by atoms with E-state index in [2.05, 4.69) is 42.9 Å². The van der Waals surface area contributed by atoms with Gasteiger partial charge in [0.15, 0.2) is 0 Å². The highest BCUT2D eigenvalue weighted by Gasteiger charge is 2.13. The highest BCUT2D eigenvalue weighted by molar-refractivity contribution is 14.1. The van der Waals surface area contributed by atoms with Crippen LogP contribution >= 0.6 is 22.6 Å². The summed E-state index contributed by atoms with van der Waals surface area (Å²) < 4.78 is 13.6. The molecular weight excluding hydrogens is 386 g/mol. The summed E-state index contributed by atoms with van der Waals surface area (Å²) in [5, 5.41) is 3.51.